The van der Waals surface area contributed by atoms with Crippen molar-refractivity contribution in [2.24, 2.45) is 11.8 Å². The molecule has 2 rings (SSSR count). The Hall–Kier alpha value is -1.84. The van der Waals surface area contributed by atoms with Gasteiger partial charge in [0.1, 0.15) is 0 Å². The van der Waals surface area contributed by atoms with Crippen LogP contribution >= 0.6 is 0 Å². The first-order valence-electron chi connectivity index (χ1n) is 6.69. The number of carboxylic acids is 1. The second kappa shape index (κ2) is 5.87. The molecule has 19 heavy (non-hydrogen) atoms. The van der Waals surface area contributed by atoms with Crippen molar-refractivity contribution in [2.45, 2.75) is 19.8 Å². The number of benzene rings is 1. The molecule has 1 amide bonds. The van der Waals surface area contributed by atoms with Crippen LogP contribution < -0.4 is 0 Å². The molecule has 1 N–H and O–H groups in total. The molecular weight excluding hydrogens is 242 g/mol. The third-order valence-electron chi connectivity index (χ3n) is 3.63. The molecule has 1 saturated carbocycles. The maximum Gasteiger partial charge on any atom is 0.307 e. The molecule has 0 heterocycles. The summed E-state index contributed by atoms with van der Waals surface area (Å²) >= 11 is 0. The number of carbonyl (C=O) groups excluding carboxylic acids is 1. The van der Waals surface area contributed by atoms with Gasteiger partial charge in [-0.25, -0.2) is 0 Å². The number of hydrogen-bond donors (Lipinski definition) is 1. The van der Waals surface area contributed by atoms with E-state index in [4.69, 9.17) is 5.11 Å². The van der Waals surface area contributed by atoms with Gasteiger partial charge in [0.15, 0.2) is 0 Å². The lowest BCUT2D eigenvalue weighted by atomic mass is 10.1. The SMILES string of the molecule is CCN(CCc1ccccc1)C(=O)[C@@H]1C[C@@H]1C(=O)O. The zero-order chi connectivity index (χ0) is 13.8. The van der Waals surface area contributed by atoms with Crippen molar-refractivity contribution in [3.8, 4) is 0 Å². The lowest BCUT2D eigenvalue weighted by Gasteiger charge is -2.21. The van der Waals surface area contributed by atoms with Crippen LogP contribution in [0, 0.1) is 11.8 Å². The summed E-state index contributed by atoms with van der Waals surface area (Å²) in [6, 6.07) is 10.0. The Morgan fingerprint density at radius 3 is 2.47 bits per heavy atom. The van der Waals surface area contributed by atoms with Crippen molar-refractivity contribution in [1.82, 2.24) is 4.90 Å². The molecule has 1 aromatic rings. The lowest BCUT2D eigenvalue weighted by molar-refractivity contribution is -0.141. The van der Waals surface area contributed by atoms with E-state index < -0.39 is 11.9 Å². The number of hydrogen-bond acceptors (Lipinski definition) is 2. The third-order valence-corrected chi connectivity index (χ3v) is 3.63. The zero-order valence-corrected chi connectivity index (χ0v) is 11.1. The molecule has 1 aliphatic rings. The van der Waals surface area contributed by atoms with Crippen LogP contribution in [0.25, 0.3) is 0 Å². The Morgan fingerprint density at radius 1 is 1.26 bits per heavy atom. The van der Waals surface area contributed by atoms with Crippen LogP contribution in [0.5, 0.6) is 0 Å². The monoisotopic (exact) mass is 261 g/mol. The van der Waals surface area contributed by atoms with E-state index in [2.05, 4.69) is 0 Å². The van der Waals surface area contributed by atoms with Crippen molar-refractivity contribution in [3.05, 3.63) is 35.9 Å². The number of carboxylic acid groups (broad SMARTS) is 1. The molecule has 2 atom stereocenters. The molecule has 0 saturated heterocycles. The van der Waals surface area contributed by atoms with Gasteiger partial charge in [-0.05, 0) is 25.3 Å². The predicted octanol–water partition coefficient (Wildman–Crippen LogP) is 1.80. The Kier molecular flexibility index (Phi) is 4.20. The summed E-state index contributed by atoms with van der Waals surface area (Å²) in [4.78, 5) is 24.7. The van der Waals surface area contributed by atoms with Crippen LogP contribution in [0.3, 0.4) is 0 Å². The first kappa shape index (κ1) is 13.6. The van der Waals surface area contributed by atoms with Gasteiger partial charge in [-0.15, -0.1) is 0 Å². The van der Waals surface area contributed by atoms with Gasteiger partial charge in [0, 0.05) is 13.1 Å². The van der Waals surface area contributed by atoms with Gasteiger partial charge in [0.05, 0.1) is 11.8 Å². The molecule has 1 fully saturated rings. The van der Waals surface area contributed by atoms with Crippen LogP contribution in [0.15, 0.2) is 30.3 Å². The molecule has 4 heteroatoms. The van der Waals surface area contributed by atoms with Crippen molar-refractivity contribution in [1.29, 1.82) is 0 Å². The summed E-state index contributed by atoms with van der Waals surface area (Å²) < 4.78 is 0. The first-order valence-corrected chi connectivity index (χ1v) is 6.69. The number of nitrogens with zero attached hydrogens (tertiary/aromatic N) is 1. The molecule has 4 nitrogen and oxygen atoms in total. The minimum absolute atomic E-state index is 0.00849. The van der Waals surface area contributed by atoms with E-state index in [-0.39, 0.29) is 11.8 Å². The Labute approximate surface area is 113 Å². The summed E-state index contributed by atoms with van der Waals surface area (Å²) in [6.45, 7) is 3.22. The Morgan fingerprint density at radius 2 is 1.95 bits per heavy atom. The van der Waals surface area contributed by atoms with Gasteiger partial charge >= 0.3 is 5.97 Å². The van der Waals surface area contributed by atoms with Crippen molar-refractivity contribution in [3.63, 3.8) is 0 Å². The average molecular weight is 261 g/mol. The highest BCUT2D eigenvalue weighted by molar-refractivity contribution is 5.89. The predicted molar refractivity (Wildman–Crippen MR) is 71.6 cm³/mol. The molecular formula is C15H19NO3. The molecule has 102 valence electrons. The lowest BCUT2D eigenvalue weighted by Crippen LogP contribution is -2.34. The summed E-state index contributed by atoms with van der Waals surface area (Å²) in [6.07, 6.45) is 1.31. The normalized spacial score (nSPS) is 20.9. The van der Waals surface area contributed by atoms with E-state index in [0.29, 0.717) is 19.5 Å². The molecule has 1 aliphatic carbocycles. The minimum Gasteiger partial charge on any atom is -0.481 e. The van der Waals surface area contributed by atoms with E-state index in [9.17, 15) is 9.59 Å². The average Bonchev–Trinajstić information content (AvgIpc) is 3.21. The van der Waals surface area contributed by atoms with Crippen LogP contribution in [-0.4, -0.2) is 35.0 Å². The van der Waals surface area contributed by atoms with Gasteiger partial charge in [0.2, 0.25) is 5.91 Å². The van der Waals surface area contributed by atoms with E-state index in [1.807, 2.05) is 37.3 Å². The summed E-state index contributed by atoms with van der Waals surface area (Å²) in [5.74, 6) is -1.62. The second-order valence-electron chi connectivity index (χ2n) is 4.94. The van der Waals surface area contributed by atoms with E-state index in [1.54, 1.807) is 4.90 Å². The quantitative estimate of drug-likeness (QED) is 0.849. The highest BCUT2D eigenvalue weighted by atomic mass is 16.4. The largest absolute Gasteiger partial charge is 0.481 e. The first-order chi connectivity index (χ1) is 9.13. The second-order valence-corrected chi connectivity index (χ2v) is 4.94. The minimum atomic E-state index is -0.850. The van der Waals surface area contributed by atoms with Crippen molar-refractivity contribution >= 4 is 11.9 Å². The fourth-order valence-electron chi connectivity index (χ4n) is 2.31. The van der Waals surface area contributed by atoms with E-state index in [1.165, 1.54) is 5.56 Å². The fourth-order valence-corrected chi connectivity index (χ4v) is 2.31. The maximum absolute atomic E-state index is 12.1. The van der Waals surface area contributed by atoms with Crippen molar-refractivity contribution in [2.75, 3.05) is 13.1 Å². The van der Waals surface area contributed by atoms with Gasteiger partial charge in [-0.3, -0.25) is 9.59 Å². The van der Waals surface area contributed by atoms with E-state index >= 15 is 0 Å². The maximum atomic E-state index is 12.1. The van der Waals surface area contributed by atoms with Gasteiger partial charge in [0.25, 0.3) is 0 Å². The Balaban J connectivity index is 1.87. The van der Waals surface area contributed by atoms with Crippen molar-refractivity contribution < 1.29 is 14.7 Å². The fraction of sp³-hybridized carbons (Fsp3) is 0.467. The summed E-state index contributed by atoms with van der Waals surface area (Å²) in [5, 5.41) is 8.86. The Bertz CT molecular complexity index is 458. The van der Waals surface area contributed by atoms with Crippen LogP contribution in [0.1, 0.15) is 18.9 Å². The zero-order valence-electron chi connectivity index (χ0n) is 11.1. The van der Waals surface area contributed by atoms with Crippen LogP contribution in [0.2, 0.25) is 0 Å². The molecule has 0 unspecified atom stereocenters. The number of amides is 1. The standard InChI is InChI=1S/C15H19NO3/c1-2-16(9-8-11-6-4-3-5-7-11)14(17)12-10-13(12)15(18)19/h3-7,12-13H,2,8-10H2,1H3,(H,18,19)/t12-,13+/m1/s1. The summed E-state index contributed by atoms with van der Waals surface area (Å²) in [7, 11) is 0. The molecule has 0 bridgehead atoms. The number of rotatable bonds is 6. The van der Waals surface area contributed by atoms with Crippen LogP contribution in [-0.2, 0) is 16.0 Å². The van der Waals surface area contributed by atoms with E-state index in [0.717, 1.165) is 6.42 Å². The number of likely N-dealkylation sites (N-methyl/N-ethyl adjacent to an activating group) is 1. The molecule has 0 aliphatic heterocycles. The number of aliphatic carboxylic acids is 1. The highest BCUT2D eigenvalue weighted by Gasteiger charge is 2.49. The molecule has 0 radical (unpaired) electrons. The molecule has 0 spiro atoms. The topological polar surface area (TPSA) is 57.6 Å². The highest BCUT2D eigenvalue weighted by Crippen LogP contribution is 2.40. The summed E-state index contributed by atoms with van der Waals surface area (Å²) in [5.41, 5.74) is 1.19. The molecule has 1 aromatic carbocycles. The third kappa shape index (κ3) is 3.34. The van der Waals surface area contributed by atoms with Gasteiger partial charge in [-0.2, -0.15) is 0 Å². The molecule has 0 aromatic heterocycles. The number of carbonyl (C=O) groups is 2. The van der Waals surface area contributed by atoms with Crippen LogP contribution in [0.4, 0.5) is 0 Å². The van der Waals surface area contributed by atoms with Gasteiger partial charge < -0.3 is 10.0 Å². The smallest absolute Gasteiger partial charge is 0.307 e. The van der Waals surface area contributed by atoms with Gasteiger partial charge in [-0.1, -0.05) is 30.3 Å².